The van der Waals surface area contributed by atoms with Gasteiger partial charge in [0.2, 0.25) is 10.0 Å². The molecule has 2 aromatic rings. The molecule has 0 spiro atoms. The maximum Gasteiger partial charge on any atom is 0.337 e. The molecule has 1 saturated heterocycles. The van der Waals surface area contributed by atoms with Crippen LogP contribution in [0.5, 0.6) is 0 Å². The molecule has 0 unspecified atom stereocenters. The lowest BCUT2D eigenvalue weighted by atomic mass is 10.1. The van der Waals surface area contributed by atoms with Gasteiger partial charge in [0, 0.05) is 25.7 Å². The fourth-order valence-electron chi connectivity index (χ4n) is 2.97. The minimum Gasteiger partial charge on any atom is -0.465 e. The van der Waals surface area contributed by atoms with Crippen LogP contribution in [-0.4, -0.2) is 59.2 Å². The number of rotatable bonds is 7. The Hall–Kier alpha value is -1.78. The number of carbonyl (C=O) groups excluding carboxylic acids is 1. The first kappa shape index (κ1) is 20.0. The van der Waals surface area contributed by atoms with Crippen molar-refractivity contribution in [1.82, 2.24) is 9.62 Å². The number of carbonyl (C=O) groups is 1. The monoisotopic (exact) mass is 410 g/mol. The Kier molecular flexibility index (Phi) is 6.61. The number of nitrogens with one attached hydrogen (secondary N) is 1. The number of esters is 1. The molecule has 1 atom stereocenters. The van der Waals surface area contributed by atoms with Gasteiger partial charge in [-0.15, -0.1) is 0 Å². The van der Waals surface area contributed by atoms with E-state index in [-0.39, 0.29) is 17.5 Å². The van der Waals surface area contributed by atoms with Crippen LogP contribution in [0.2, 0.25) is 0 Å². The third-order valence-corrected chi connectivity index (χ3v) is 6.61. The van der Waals surface area contributed by atoms with E-state index in [1.807, 2.05) is 16.8 Å². The molecule has 1 aliphatic heterocycles. The number of hydrogen-bond donors (Lipinski definition) is 1. The Morgan fingerprint density at radius 1 is 1.26 bits per heavy atom. The van der Waals surface area contributed by atoms with Crippen LogP contribution in [-0.2, 0) is 19.5 Å². The van der Waals surface area contributed by atoms with Gasteiger partial charge in [0.05, 0.1) is 30.8 Å². The lowest BCUT2D eigenvalue weighted by Crippen LogP contribution is -2.43. The zero-order valence-electron chi connectivity index (χ0n) is 15.0. The lowest BCUT2D eigenvalue weighted by molar-refractivity contribution is 0.0173. The summed E-state index contributed by atoms with van der Waals surface area (Å²) in [5.74, 6) is -0.503. The minimum atomic E-state index is -3.69. The first-order chi connectivity index (χ1) is 13.0. The third-order valence-electron chi connectivity index (χ3n) is 4.47. The van der Waals surface area contributed by atoms with E-state index in [1.165, 1.54) is 31.4 Å². The normalized spacial score (nSPS) is 16.8. The van der Waals surface area contributed by atoms with Gasteiger partial charge in [-0.25, -0.2) is 17.9 Å². The van der Waals surface area contributed by atoms with Crippen molar-refractivity contribution in [3.8, 4) is 0 Å². The predicted molar refractivity (Wildman–Crippen MR) is 102 cm³/mol. The molecule has 0 saturated carbocycles. The number of sulfonamides is 1. The topological polar surface area (TPSA) is 84.9 Å². The van der Waals surface area contributed by atoms with Gasteiger partial charge in [-0.3, -0.25) is 4.90 Å². The maximum atomic E-state index is 12.7. The van der Waals surface area contributed by atoms with Crippen LogP contribution in [0.25, 0.3) is 0 Å². The molecule has 27 heavy (non-hydrogen) atoms. The molecule has 0 amide bonds. The van der Waals surface area contributed by atoms with Crippen molar-refractivity contribution in [2.45, 2.75) is 10.9 Å². The highest BCUT2D eigenvalue weighted by Crippen LogP contribution is 2.24. The SMILES string of the molecule is COC(=O)c1ccc(S(=O)(=O)NC[C@H](c2ccsc2)N2CCOCC2)cc1. The van der Waals surface area contributed by atoms with Crippen LogP contribution < -0.4 is 4.72 Å². The second-order valence-corrected chi connectivity index (χ2v) is 8.64. The summed E-state index contributed by atoms with van der Waals surface area (Å²) in [6.07, 6.45) is 0. The first-order valence-corrected chi connectivity index (χ1v) is 11.0. The Morgan fingerprint density at radius 3 is 2.56 bits per heavy atom. The molecular weight excluding hydrogens is 388 g/mol. The Balaban J connectivity index is 1.72. The number of morpholine rings is 1. The summed E-state index contributed by atoms with van der Waals surface area (Å²) >= 11 is 1.59. The smallest absolute Gasteiger partial charge is 0.337 e. The van der Waals surface area contributed by atoms with Crippen molar-refractivity contribution in [3.63, 3.8) is 0 Å². The minimum absolute atomic E-state index is 0.0516. The highest BCUT2D eigenvalue weighted by Gasteiger charge is 2.25. The van der Waals surface area contributed by atoms with E-state index in [0.29, 0.717) is 18.8 Å². The van der Waals surface area contributed by atoms with Gasteiger partial charge in [0.25, 0.3) is 0 Å². The van der Waals surface area contributed by atoms with Crippen molar-refractivity contribution in [3.05, 3.63) is 52.2 Å². The second-order valence-electron chi connectivity index (χ2n) is 6.09. The molecule has 0 radical (unpaired) electrons. The van der Waals surface area contributed by atoms with Gasteiger partial charge < -0.3 is 9.47 Å². The largest absolute Gasteiger partial charge is 0.465 e. The van der Waals surface area contributed by atoms with Crippen LogP contribution in [0, 0.1) is 0 Å². The summed E-state index contributed by atoms with van der Waals surface area (Å²) < 4.78 is 38.1. The molecule has 1 aromatic carbocycles. The average Bonchev–Trinajstić information content (AvgIpc) is 3.23. The number of hydrogen-bond acceptors (Lipinski definition) is 7. The molecule has 0 bridgehead atoms. The summed E-state index contributed by atoms with van der Waals surface area (Å²) in [6.45, 7) is 3.06. The van der Waals surface area contributed by atoms with Gasteiger partial charge >= 0.3 is 5.97 Å². The zero-order valence-corrected chi connectivity index (χ0v) is 16.6. The molecule has 9 heteroatoms. The summed E-state index contributed by atoms with van der Waals surface area (Å²) in [5, 5.41) is 4.03. The van der Waals surface area contributed by atoms with E-state index < -0.39 is 16.0 Å². The third kappa shape index (κ3) is 4.94. The highest BCUT2D eigenvalue weighted by molar-refractivity contribution is 7.89. The highest BCUT2D eigenvalue weighted by atomic mass is 32.2. The van der Waals surface area contributed by atoms with E-state index in [9.17, 15) is 13.2 Å². The van der Waals surface area contributed by atoms with Crippen molar-refractivity contribution in [2.24, 2.45) is 0 Å². The van der Waals surface area contributed by atoms with Crippen LogP contribution in [0.4, 0.5) is 0 Å². The number of benzene rings is 1. The van der Waals surface area contributed by atoms with Crippen molar-refractivity contribution in [2.75, 3.05) is 40.0 Å². The molecule has 1 aliphatic rings. The first-order valence-electron chi connectivity index (χ1n) is 8.53. The van der Waals surface area contributed by atoms with E-state index in [1.54, 1.807) is 11.3 Å². The van der Waals surface area contributed by atoms with Crippen LogP contribution >= 0.6 is 11.3 Å². The summed E-state index contributed by atoms with van der Waals surface area (Å²) in [4.78, 5) is 13.8. The van der Waals surface area contributed by atoms with Crippen molar-refractivity contribution < 1.29 is 22.7 Å². The molecule has 7 nitrogen and oxygen atoms in total. The standard InChI is InChI=1S/C18H22N2O5S2/c1-24-18(21)14-2-4-16(5-3-14)27(22,23)19-12-17(15-6-11-26-13-15)20-7-9-25-10-8-20/h2-6,11,13,17,19H,7-10,12H2,1H3/t17-/m1/s1. The maximum absolute atomic E-state index is 12.7. The number of ether oxygens (including phenoxy) is 2. The lowest BCUT2D eigenvalue weighted by Gasteiger charge is -2.34. The molecular formula is C18H22N2O5S2. The number of nitrogens with zero attached hydrogens (tertiary/aromatic N) is 1. The van der Waals surface area contributed by atoms with Crippen LogP contribution in [0.3, 0.4) is 0 Å². The quantitative estimate of drug-likeness (QED) is 0.702. The van der Waals surface area contributed by atoms with Crippen molar-refractivity contribution >= 4 is 27.3 Å². The van der Waals surface area contributed by atoms with Gasteiger partial charge in [-0.2, -0.15) is 11.3 Å². The molecule has 1 N–H and O–H groups in total. The summed E-state index contributed by atoms with van der Waals surface area (Å²) in [7, 11) is -2.41. The summed E-state index contributed by atoms with van der Waals surface area (Å²) in [6, 6.07) is 7.66. The molecule has 0 aliphatic carbocycles. The van der Waals surface area contributed by atoms with E-state index in [0.717, 1.165) is 18.7 Å². The molecule has 1 aromatic heterocycles. The van der Waals surface area contributed by atoms with Crippen molar-refractivity contribution in [1.29, 1.82) is 0 Å². The molecule has 3 rings (SSSR count). The van der Waals surface area contributed by atoms with E-state index in [4.69, 9.17) is 4.74 Å². The van der Waals surface area contributed by atoms with E-state index in [2.05, 4.69) is 14.4 Å². The molecule has 146 valence electrons. The predicted octanol–water partition coefficient (Wildman–Crippen LogP) is 1.89. The fourth-order valence-corrected chi connectivity index (χ4v) is 4.72. The van der Waals surface area contributed by atoms with Crippen LogP contribution in [0.1, 0.15) is 22.0 Å². The van der Waals surface area contributed by atoms with Gasteiger partial charge in [-0.1, -0.05) is 0 Å². The van der Waals surface area contributed by atoms with Crippen LogP contribution in [0.15, 0.2) is 46.0 Å². The van der Waals surface area contributed by atoms with Gasteiger partial charge in [0.1, 0.15) is 0 Å². The molecule has 1 fully saturated rings. The Morgan fingerprint density at radius 2 is 1.96 bits per heavy atom. The Bertz CT molecular complexity index is 844. The van der Waals surface area contributed by atoms with E-state index >= 15 is 0 Å². The molecule has 2 heterocycles. The zero-order chi connectivity index (χ0) is 19.3. The Labute approximate surface area is 163 Å². The number of methoxy groups -OCH3 is 1. The summed E-state index contributed by atoms with van der Waals surface area (Å²) in [5.41, 5.74) is 1.39. The average molecular weight is 411 g/mol. The number of thiophene rings is 1. The van der Waals surface area contributed by atoms with Gasteiger partial charge in [-0.05, 0) is 46.7 Å². The van der Waals surface area contributed by atoms with Gasteiger partial charge in [0.15, 0.2) is 0 Å². The second kappa shape index (κ2) is 8.94. The fraction of sp³-hybridized carbons (Fsp3) is 0.389.